The van der Waals surface area contributed by atoms with Crippen molar-refractivity contribution in [1.82, 2.24) is 15.5 Å². The maximum atomic E-state index is 12.5. The average Bonchev–Trinajstić information content (AvgIpc) is 3.11. The first kappa shape index (κ1) is 21.7. The molecule has 0 aliphatic heterocycles. The summed E-state index contributed by atoms with van der Waals surface area (Å²) < 4.78 is 5.34. The van der Waals surface area contributed by atoms with Gasteiger partial charge < -0.3 is 15.6 Å². The molecule has 1 aromatic heterocycles. The second-order valence-corrected chi connectivity index (χ2v) is 7.24. The third kappa shape index (κ3) is 5.24. The van der Waals surface area contributed by atoms with Gasteiger partial charge in [-0.05, 0) is 50.1 Å². The number of aromatic nitrogens is 2. The maximum Gasteiger partial charge on any atom is 0.252 e. The molecule has 0 spiro atoms. The molecular formula is C20H22Cl2N4O2. The topological polar surface area (TPSA) is 94.0 Å². The molecule has 2 aromatic carbocycles. The van der Waals surface area contributed by atoms with Crippen molar-refractivity contribution in [3.05, 3.63) is 76.4 Å². The van der Waals surface area contributed by atoms with Gasteiger partial charge in [0.15, 0.2) is 5.82 Å². The summed E-state index contributed by atoms with van der Waals surface area (Å²) in [4.78, 5) is 16.9. The van der Waals surface area contributed by atoms with Crippen molar-refractivity contribution in [2.75, 3.05) is 5.73 Å². The van der Waals surface area contributed by atoms with E-state index in [0.717, 1.165) is 11.3 Å². The van der Waals surface area contributed by atoms with Crippen molar-refractivity contribution in [2.45, 2.75) is 32.2 Å². The molecule has 0 radical (unpaired) electrons. The van der Waals surface area contributed by atoms with E-state index in [1.54, 1.807) is 24.3 Å². The second-order valence-electron chi connectivity index (χ2n) is 6.80. The smallest absolute Gasteiger partial charge is 0.252 e. The Balaban J connectivity index is 0.00000280. The van der Waals surface area contributed by atoms with Gasteiger partial charge >= 0.3 is 0 Å². The Bertz CT molecular complexity index is 957. The van der Waals surface area contributed by atoms with Crippen molar-refractivity contribution in [3.63, 3.8) is 0 Å². The number of hydrogen-bond acceptors (Lipinski definition) is 5. The zero-order valence-electron chi connectivity index (χ0n) is 15.6. The zero-order chi connectivity index (χ0) is 19.4. The van der Waals surface area contributed by atoms with E-state index in [2.05, 4.69) is 15.5 Å². The summed E-state index contributed by atoms with van der Waals surface area (Å²) in [5.41, 5.74) is 7.40. The summed E-state index contributed by atoms with van der Waals surface area (Å²) in [7, 11) is 0. The summed E-state index contributed by atoms with van der Waals surface area (Å²) in [5.74, 6) is 0.651. The fourth-order valence-electron chi connectivity index (χ4n) is 2.66. The number of carbonyl (C=O) groups is 1. The van der Waals surface area contributed by atoms with Gasteiger partial charge in [0, 0.05) is 22.7 Å². The van der Waals surface area contributed by atoms with Gasteiger partial charge in [0.25, 0.3) is 5.91 Å². The predicted octanol–water partition coefficient (Wildman–Crippen LogP) is 4.18. The predicted molar refractivity (Wildman–Crippen MR) is 112 cm³/mol. The summed E-state index contributed by atoms with van der Waals surface area (Å²) >= 11 is 5.95. The monoisotopic (exact) mass is 420 g/mol. The third-order valence-corrected chi connectivity index (χ3v) is 4.44. The molecule has 1 amide bonds. The van der Waals surface area contributed by atoms with Crippen LogP contribution < -0.4 is 11.1 Å². The molecule has 0 saturated heterocycles. The Labute approximate surface area is 174 Å². The minimum atomic E-state index is -0.799. The Morgan fingerprint density at radius 3 is 2.64 bits per heavy atom. The molecular weight excluding hydrogens is 399 g/mol. The highest BCUT2D eigenvalue weighted by molar-refractivity contribution is 6.30. The van der Waals surface area contributed by atoms with Crippen LogP contribution in [0.4, 0.5) is 5.69 Å². The van der Waals surface area contributed by atoms with Crippen molar-refractivity contribution >= 4 is 35.6 Å². The largest absolute Gasteiger partial charge is 0.399 e. The number of nitrogens with zero attached hydrogens (tertiary/aromatic N) is 2. The quantitative estimate of drug-likeness (QED) is 0.583. The molecule has 1 heterocycles. The van der Waals surface area contributed by atoms with Crippen LogP contribution in [0.15, 0.2) is 53.1 Å². The SMILES string of the molecule is CC(C)(NC(=O)c1cccc(Cl)c1)c1noc(CCc2ccccc2N)n1.Cl. The highest BCUT2D eigenvalue weighted by Gasteiger charge is 2.29. The summed E-state index contributed by atoms with van der Waals surface area (Å²) in [6.45, 7) is 3.64. The zero-order valence-corrected chi connectivity index (χ0v) is 17.2. The molecule has 28 heavy (non-hydrogen) atoms. The number of carbonyl (C=O) groups excluding carboxylic acids is 1. The number of aryl methyl sites for hydroxylation is 2. The second kappa shape index (κ2) is 9.08. The number of halogens is 2. The van der Waals surface area contributed by atoms with Crippen LogP contribution >= 0.6 is 24.0 Å². The van der Waals surface area contributed by atoms with E-state index in [4.69, 9.17) is 21.9 Å². The first-order valence-corrected chi connectivity index (χ1v) is 8.97. The van der Waals surface area contributed by atoms with E-state index in [9.17, 15) is 4.79 Å². The number of nitrogens with two attached hydrogens (primary N) is 1. The van der Waals surface area contributed by atoms with Crippen LogP contribution in [0.5, 0.6) is 0 Å². The lowest BCUT2D eigenvalue weighted by molar-refractivity contribution is 0.0907. The molecule has 0 unspecified atom stereocenters. The summed E-state index contributed by atoms with van der Waals surface area (Å²) in [5, 5.41) is 7.44. The Hall–Kier alpha value is -2.57. The lowest BCUT2D eigenvalue weighted by Crippen LogP contribution is -2.41. The van der Waals surface area contributed by atoms with Crippen LogP contribution in [-0.4, -0.2) is 16.0 Å². The van der Waals surface area contributed by atoms with Crippen LogP contribution in [0.1, 0.15) is 41.5 Å². The Kier molecular flexibility index (Phi) is 7.05. The minimum absolute atomic E-state index is 0. The summed E-state index contributed by atoms with van der Waals surface area (Å²) in [6.07, 6.45) is 1.27. The van der Waals surface area contributed by atoms with Gasteiger partial charge in [0.1, 0.15) is 0 Å². The van der Waals surface area contributed by atoms with Gasteiger partial charge in [-0.3, -0.25) is 4.79 Å². The number of amides is 1. The normalized spacial score (nSPS) is 11.0. The van der Waals surface area contributed by atoms with E-state index in [1.807, 2.05) is 38.1 Å². The third-order valence-electron chi connectivity index (χ3n) is 4.20. The van der Waals surface area contributed by atoms with Crippen LogP contribution in [0, 0.1) is 0 Å². The Morgan fingerprint density at radius 1 is 1.18 bits per heavy atom. The molecule has 0 atom stereocenters. The maximum absolute atomic E-state index is 12.5. The molecule has 0 aliphatic rings. The van der Waals surface area contributed by atoms with Gasteiger partial charge in [-0.1, -0.05) is 41.0 Å². The minimum Gasteiger partial charge on any atom is -0.399 e. The van der Waals surface area contributed by atoms with Crippen molar-refractivity contribution in [3.8, 4) is 0 Å². The van der Waals surface area contributed by atoms with Gasteiger partial charge in [0.05, 0.1) is 5.54 Å². The lowest BCUT2D eigenvalue weighted by Gasteiger charge is -2.22. The number of rotatable bonds is 6. The van der Waals surface area contributed by atoms with Crippen molar-refractivity contribution in [1.29, 1.82) is 0 Å². The van der Waals surface area contributed by atoms with Gasteiger partial charge in [-0.15, -0.1) is 12.4 Å². The molecule has 3 rings (SSSR count). The number of hydrogen-bond donors (Lipinski definition) is 2. The van der Waals surface area contributed by atoms with E-state index >= 15 is 0 Å². The molecule has 3 N–H and O–H groups in total. The summed E-state index contributed by atoms with van der Waals surface area (Å²) in [6, 6.07) is 14.4. The molecule has 148 valence electrons. The van der Waals surface area contributed by atoms with E-state index in [-0.39, 0.29) is 18.3 Å². The molecule has 0 aliphatic carbocycles. The molecule has 3 aromatic rings. The first-order valence-electron chi connectivity index (χ1n) is 8.60. The van der Waals surface area contributed by atoms with Crippen molar-refractivity contribution in [2.24, 2.45) is 0 Å². The van der Waals surface area contributed by atoms with Gasteiger partial charge in [-0.2, -0.15) is 4.98 Å². The first-order chi connectivity index (χ1) is 12.8. The van der Waals surface area contributed by atoms with Crippen LogP contribution in [0.3, 0.4) is 0 Å². The number of nitrogen functional groups attached to an aromatic ring is 1. The van der Waals surface area contributed by atoms with Crippen LogP contribution in [0.2, 0.25) is 5.02 Å². The average molecular weight is 421 g/mol. The van der Waals surface area contributed by atoms with Crippen LogP contribution in [-0.2, 0) is 18.4 Å². The standard InChI is InChI=1S/C20H21ClN4O2.ClH/c1-20(2,24-18(26)14-7-5-8-15(21)12-14)19-23-17(27-25-19)11-10-13-6-3-4-9-16(13)22;/h3-9,12H,10-11,22H2,1-2H3,(H,24,26);1H. The molecule has 6 nitrogen and oxygen atoms in total. The number of benzene rings is 2. The Morgan fingerprint density at radius 2 is 1.93 bits per heavy atom. The van der Waals surface area contributed by atoms with E-state index in [0.29, 0.717) is 35.1 Å². The molecule has 0 fully saturated rings. The van der Waals surface area contributed by atoms with E-state index in [1.165, 1.54) is 0 Å². The van der Waals surface area contributed by atoms with Gasteiger partial charge in [-0.25, -0.2) is 0 Å². The fraction of sp³-hybridized carbons (Fsp3) is 0.250. The number of nitrogens with one attached hydrogen (secondary N) is 1. The highest BCUT2D eigenvalue weighted by atomic mass is 35.5. The highest BCUT2D eigenvalue weighted by Crippen LogP contribution is 2.20. The molecule has 8 heteroatoms. The number of para-hydroxylation sites is 1. The van der Waals surface area contributed by atoms with E-state index < -0.39 is 5.54 Å². The lowest BCUT2D eigenvalue weighted by atomic mass is 10.0. The van der Waals surface area contributed by atoms with Crippen molar-refractivity contribution < 1.29 is 9.32 Å². The fourth-order valence-corrected chi connectivity index (χ4v) is 2.85. The van der Waals surface area contributed by atoms with Gasteiger partial charge in [0.2, 0.25) is 5.89 Å². The van der Waals surface area contributed by atoms with Crippen LogP contribution in [0.25, 0.3) is 0 Å². The molecule has 0 bridgehead atoms. The molecule has 0 saturated carbocycles. The number of anilines is 1.